The van der Waals surface area contributed by atoms with Gasteiger partial charge in [-0.2, -0.15) is 0 Å². The van der Waals surface area contributed by atoms with Crippen molar-refractivity contribution in [1.82, 2.24) is 15.2 Å². The summed E-state index contributed by atoms with van der Waals surface area (Å²) in [5, 5.41) is 11.8. The quantitative estimate of drug-likeness (QED) is 0.897. The van der Waals surface area contributed by atoms with Crippen LogP contribution in [0.1, 0.15) is 40.9 Å². The molecule has 0 saturated carbocycles. The molecule has 0 bridgehead atoms. The van der Waals surface area contributed by atoms with Crippen molar-refractivity contribution in [2.75, 3.05) is 6.54 Å². The van der Waals surface area contributed by atoms with Gasteiger partial charge in [0.05, 0.1) is 11.6 Å². The molecule has 1 saturated heterocycles. The highest BCUT2D eigenvalue weighted by atomic mass is 16.4. The highest BCUT2D eigenvalue weighted by molar-refractivity contribution is 5.87. The first-order valence-electron chi connectivity index (χ1n) is 8.31. The number of pyridine rings is 1. The van der Waals surface area contributed by atoms with E-state index in [-0.39, 0.29) is 17.6 Å². The number of rotatable bonds is 4. The number of carboxylic acids is 1. The number of hydrogen-bond donors (Lipinski definition) is 2. The van der Waals surface area contributed by atoms with Crippen LogP contribution in [-0.4, -0.2) is 33.5 Å². The molecule has 2 unspecified atom stereocenters. The molecule has 1 aromatic carbocycles. The Morgan fingerprint density at radius 3 is 2.68 bits per heavy atom. The zero-order valence-electron chi connectivity index (χ0n) is 14.1. The molecule has 2 N–H and O–H groups in total. The van der Waals surface area contributed by atoms with Gasteiger partial charge in [-0.1, -0.05) is 25.1 Å². The molecule has 1 fully saturated rings. The van der Waals surface area contributed by atoms with Crippen molar-refractivity contribution in [3.63, 3.8) is 0 Å². The van der Waals surface area contributed by atoms with Gasteiger partial charge in [-0.3, -0.25) is 4.98 Å². The summed E-state index contributed by atoms with van der Waals surface area (Å²) in [6.45, 7) is 3.22. The molecule has 130 valence electrons. The lowest BCUT2D eigenvalue weighted by molar-refractivity contribution is 0.0697. The van der Waals surface area contributed by atoms with E-state index >= 15 is 0 Å². The third kappa shape index (κ3) is 3.96. The van der Waals surface area contributed by atoms with Crippen molar-refractivity contribution in [3.05, 3.63) is 65.5 Å². The van der Waals surface area contributed by atoms with E-state index in [2.05, 4.69) is 17.2 Å². The summed E-state index contributed by atoms with van der Waals surface area (Å²) in [4.78, 5) is 29.5. The predicted octanol–water partition coefficient (Wildman–Crippen LogP) is 3.07. The van der Waals surface area contributed by atoms with Crippen LogP contribution in [0.4, 0.5) is 4.79 Å². The number of nitrogens with one attached hydrogen (secondary N) is 1. The van der Waals surface area contributed by atoms with Gasteiger partial charge in [0, 0.05) is 25.5 Å². The molecule has 3 rings (SSSR count). The number of urea groups is 1. The van der Waals surface area contributed by atoms with E-state index in [1.54, 1.807) is 30.5 Å². The molecular weight excluding hydrogens is 318 g/mol. The monoisotopic (exact) mass is 339 g/mol. The summed E-state index contributed by atoms with van der Waals surface area (Å²) in [6, 6.07) is 10.3. The molecule has 1 aliphatic rings. The Hall–Kier alpha value is -2.89. The first-order valence-corrected chi connectivity index (χ1v) is 8.31. The lowest BCUT2D eigenvalue weighted by Crippen LogP contribution is -2.39. The highest BCUT2D eigenvalue weighted by Crippen LogP contribution is 2.34. The van der Waals surface area contributed by atoms with Crippen molar-refractivity contribution in [2.24, 2.45) is 5.92 Å². The molecule has 25 heavy (non-hydrogen) atoms. The fraction of sp³-hybridized carbons (Fsp3) is 0.316. The van der Waals surface area contributed by atoms with Gasteiger partial charge in [0.15, 0.2) is 0 Å². The Bertz CT molecular complexity index is 746. The number of benzene rings is 1. The molecule has 6 nitrogen and oxygen atoms in total. The molecule has 1 aliphatic heterocycles. The molecule has 0 radical (unpaired) electrons. The molecule has 1 aromatic heterocycles. The van der Waals surface area contributed by atoms with Crippen molar-refractivity contribution in [2.45, 2.75) is 25.9 Å². The minimum Gasteiger partial charge on any atom is -0.478 e. The fourth-order valence-electron chi connectivity index (χ4n) is 3.20. The number of aromatic nitrogens is 1. The van der Waals surface area contributed by atoms with Crippen molar-refractivity contribution >= 4 is 12.0 Å². The minimum atomic E-state index is -0.957. The maximum atomic E-state index is 12.6. The van der Waals surface area contributed by atoms with Gasteiger partial charge >= 0.3 is 12.0 Å². The maximum Gasteiger partial charge on any atom is 0.335 e. The Kier molecular flexibility index (Phi) is 4.97. The molecule has 0 aliphatic carbocycles. The van der Waals surface area contributed by atoms with Crippen LogP contribution < -0.4 is 5.32 Å². The second-order valence-corrected chi connectivity index (χ2v) is 6.46. The van der Waals surface area contributed by atoms with Crippen LogP contribution in [0.5, 0.6) is 0 Å². The number of carbonyl (C=O) groups is 2. The molecule has 6 heteroatoms. The summed E-state index contributed by atoms with van der Waals surface area (Å²) in [5.41, 5.74) is 2.15. The minimum absolute atomic E-state index is 0.0399. The van der Waals surface area contributed by atoms with E-state index in [0.29, 0.717) is 19.0 Å². The summed E-state index contributed by atoms with van der Waals surface area (Å²) >= 11 is 0. The molecule has 2 heterocycles. The summed E-state index contributed by atoms with van der Waals surface area (Å²) < 4.78 is 0. The average Bonchev–Trinajstić information content (AvgIpc) is 3.02. The average molecular weight is 339 g/mol. The number of amides is 2. The zero-order chi connectivity index (χ0) is 17.8. The second-order valence-electron chi connectivity index (χ2n) is 6.46. The van der Waals surface area contributed by atoms with Gasteiger partial charge in [0.25, 0.3) is 0 Å². The number of carbonyl (C=O) groups excluding carboxylic acids is 1. The molecule has 2 amide bonds. The zero-order valence-corrected chi connectivity index (χ0v) is 14.1. The smallest absolute Gasteiger partial charge is 0.335 e. The first-order chi connectivity index (χ1) is 12.0. The Labute approximate surface area is 146 Å². The van der Waals surface area contributed by atoms with Crippen molar-refractivity contribution in [3.8, 4) is 0 Å². The van der Waals surface area contributed by atoms with Crippen LogP contribution in [0.25, 0.3) is 0 Å². The standard InChI is InChI=1S/C19H21N3O3/c1-13-9-17(16-3-2-8-20-11-16)22(12-13)19(25)21-10-14-4-6-15(7-5-14)18(23)24/h2-8,11,13,17H,9-10,12H2,1H3,(H,21,25)(H,23,24). The van der Waals surface area contributed by atoms with Crippen LogP contribution in [0.3, 0.4) is 0 Å². The third-order valence-electron chi connectivity index (χ3n) is 4.48. The number of nitrogens with zero attached hydrogens (tertiary/aromatic N) is 2. The highest BCUT2D eigenvalue weighted by Gasteiger charge is 2.34. The largest absolute Gasteiger partial charge is 0.478 e. The van der Waals surface area contributed by atoms with Crippen LogP contribution in [0.2, 0.25) is 0 Å². The Balaban J connectivity index is 1.64. The van der Waals surface area contributed by atoms with E-state index in [1.165, 1.54) is 0 Å². The summed E-state index contributed by atoms with van der Waals surface area (Å²) in [7, 11) is 0. The second kappa shape index (κ2) is 7.34. The van der Waals surface area contributed by atoms with Gasteiger partial charge in [0.1, 0.15) is 0 Å². The third-order valence-corrected chi connectivity index (χ3v) is 4.48. The van der Waals surface area contributed by atoms with Crippen LogP contribution in [-0.2, 0) is 6.54 Å². The number of likely N-dealkylation sites (tertiary alicyclic amines) is 1. The predicted molar refractivity (Wildman–Crippen MR) is 93.1 cm³/mol. The molecular formula is C19H21N3O3. The van der Waals surface area contributed by atoms with Gasteiger partial charge in [-0.05, 0) is 41.7 Å². The lowest BCUT2D eigenvalue weighted by Gasteiger charge is -2.25. The van der Waals surface area contributed by atoms with Crippen LogP contribution in [0, 0.1) is 5.92 Å². The van der Waals surface area contributed by atoms with Gasteiger partial charge in [-0.15, -0.1) is 0 Å². The topological polar surface area (TPSA) is 82.5 Å². The van der Waals surface area contributed by atoms with Crippen LogP contribution >= 0.6 is 0 Å². The summed E-state index contributed by atoms with van der Waals surface area (Å²) in [6.07, 6.45) is 4.47. The number of aromatic carboxylic acids is 1. The van der Waals surface area contributed by atoms with Crippen molar-refractivity contribution in [1.29, 1.82) is 0 Å². The summed E-state index contributed by atoms with van der Waals surface area (Å²) in [5.74, 6) is -0.522. The van der Waals surface area contributed by atoms with E-state index in [9.17, 15) is 9.59 Å². The fourth-order valence-corrected chi connectivity index (χ4v) is 3.20. The van der Waals surface area contributed by atoms with Gasteiger partial charge in [0.2, 0.25) is 0 Å². The maximum absolute atomic E-state index is 12.6. The lowest BCUT2D eigenvalue weighted by atomic mass is 10.0. The Morgan fingerprint density at radius 2 is 2.04 bits per heavy atom. The Morgan fingerprint density at radius 1 is 1.28 bits per heavy atom. The molecule has 2 atom stereocenters. The van der Waals surface area contributed by atoms with Gasteiger partial charge < -0.3 is 15.3 Å². The molecule has 2 aromatic rings. The number of carboxylic acid groups (broad SMARTS) is 1. The number of hydrogen-bond acceptors (Lipinski definition) is 3. The first kappa shape index (κ1) is 17.0. The normalized spacial score (nSPS) is 19.6. The van der Waals surface area contributed by atoms with E-state index in [4.69, 9.17) is 5.11 Å². The van der Waals surface area contributed by atoms with E-state index < -0.39 is 5.97 Å². The SMILES string of the molecule is CC1CC(c2cccnc2)N(C(=O)NCc2ccc(C(=O)O)cc2)C1. The van der Waals surface area contributed by atoms with Crippen molar-refractivity contribution < 1.29 is 14.7 Å². The van der Waals surface area contributed by atoms with E-state index in [0.717, 1.165) is 17.5 Å². The molecule has 0 spiro atoms. The van der Waals surface area contributed by atoms with E-state index in [1.807, 2.05) is 23.2 Å². The van der Waals surface area contributed by atoms with Crippen LogP contribution in [0.15, 0.2) is 48.8 Å². The van der Waals surface area contributed by atoms with Gasteiger partial charge in [-0.25, -0.2) is 9.59 Å².